The molecular weight excluding hydrogens is 253 g/mol. The maximum atomic E-state index is 6.07. The second-order valence-corrected chi connectivity index (χ2v) is 6.09. The summed E-state index contributed by atoms with van der Waals surface area (Å²) in [5.74, 6) is 0.417. The molecule has 2 aromatic heterocycles. The predicted molar refractivity (Wildman–Crippen MR) is 79.7 cm³/mol. The van der Waals surface area contributed by atoms with Gasteiger partial charge >= 0.3 is 7.12 Å². The van der Waals surface area contributed by atoms with Crippen LogP contribution in [0, 0.1) is 0 Å². The Morgan fingerprint density at radius 2 is 1.75 bits per heavy atom. The number of hydrogen-bond acceptors (Lipinski definition) is 5. The maximum absolute atomic E-state index is 6.07. The van der Waals surface area contributed by atoms with Crippen molar-refractivity contribution in [2.75, 3.05) is 5.73 Å². The molecule has 104 valence electrons. The third-order valence-electron chi connectivity index (χ3n) is 4.21. The quantitative estimate of drug-likeness (QED) is 0.796. The molecule has 0 aromatic carbocycles. The maximum Gasteiger partial charge on any atom is 0.497 e. The fraction of sp³-hybridized carbons (Fsp3) is 0.429. The first-order valence-electron chi connectivity index (χ1n) is 6.66. The molecule has 1 aliphatic heterocycles. The molecule has 2 N–H and O–H groups in total. The highest BCUT2D eigenvalue weighted by atomic mass is 16.7. The molecule has 3 heterocycles. The zero-order valence-corrected chi connectivity index (χ0v) is 12.2. The Morgan fingerprint density at radius 1 is 1.10 bits per heavy atom. The minimum Gasteiger partial charge on any atom is -0.399 e. The number of aromatic nitrogens is 2. The van der Waals surface area contributed by atoms with Crippen LogP contribution in [0.25, 0.3) is 10.9 Å². The molecule has 0 spiro atoms. The van der Waals surface area contributed by atoms with Gasteiger partial charge in [-0.25, -0.2) is 4.98 Å². The molecule has 3 rings (SSSR count). The van der Waals surface area contributed by atoms with E-state index >= 15 is 0 Å². The molecule has 0 unspecified atom stereocenters. The van der Waals surface area contributed by atoms with Gasteiger partial charge in [0.1, 0.15) is 11.3 Å². The van der Waals surface area contributed by atoms with Gasteiger partial charge in [-0.1, -0.05) is 6.07 Å². The van der Waals surface area contributed by atoms with E-state index in [0.717, 1.165) is 10.8 Å². The summed E-state index contributed by atoms with van der Waals surface area (Å²) in [6.07, 6.45) is 3.41. The summed E-state index contributed by atoms with van der Waals surface area (Å²) in [5, 5.41) is 0.915. The van der Waals surface area contributed by atoms with Crippen molar-refractivity contribution >= 4 is 29.3 Å². The number of hydrogen-bond donors (Lipinski definition) is 1. The minimum absolute atomic E-state index is 0.381. The molecule has 0 amide bonds. The topological polar surface area (TPSA) is 70.3 Å². The molecule has 20 heavy (non-hydrogen) atoms. The zero-order valence-electron chi connectivity index (χ0n) is 12.2. The Hall–Kier alpha value is -1.66. The molecule has 6 heteroatoms. The third kappa shape index (κ3) is 1.87. The zero-order chi connectivity index (χ0) is 14.5. The van der Waals surface area contributed by atoms with E-state index in [9.17, 15) is 0 Å². The first-order valence-corrected chi connectivity index (χ1v) is 6.66. The van der Waals surface area contributed by atoms with E-state index in [1.165, 1.54) is 0 Å². The number of nitrogens with zero attached hydrogens (tertiary/aromatic N) is 2. The van der Waals surface area contributed by atoms with Gasteiger partial charge in [0, 0.05) is 23.2 Å². The van der Waals surface area contributed by atoms with Crippen molar-refractivity contribution in [3.05, 3.63) is 24.5 Å². The Balaban J connectivity index is 2.11. The molecule has 1 saturated heterocycles. The Labute approximate surface area is 118 Å². The highest BCUT2D eigenvalue weighted by molar-refractivity contribution is 6.65. The highest BCUT2D eigenvalue weighted by Crippen LogP contribution is 2.37. The second-order valence-electron chi connectivity index (χ2n) is 6.09. The molecular formula is C14H18BN3O2. The van der Waals surface area contributed by atoms with Gasteiger partial charge < -0.3 is 15.0 Å². The Kier molecular flexibility index (Phi) is 2.78. The van der Waals surface area contributed by atoms with Crippen LogP contribution in [-0.2, 0) is 9.31 Å². The van der Waals surface area contributed by atoms with E-state index in [1.54, 1.807) is 12.4 Å². The SMILES string of the molecule is CC1(C)OB(c2cnc(N)c3ncccc23)OC1(C)C. The van der Waals surface area contributed by atoms with Crippen LogP contribution in [0.2, 0.25) is 0 Å². The van der Waals surface area contributed by atoms with Crippen LogP contribution in [0.5, 0.6) is 0 Å². The van der Waals surface area contributed by atoms with Crippen molar-refractivity contribution in [1.82, 2.24) is 9.97 Å². The predicted octanol–water partition coefficient (Wildman–Crippen LogP) is 1.51. The van der Waals surface area contributed by atoms with Crippen molar-refractivity contribution in [1.29, 1.82) is 0 Å². The normalized spacial score (nSPS) is 20.5. The number of anilines is 1. The Bertz CT molecular complexity index is 657. The number of nitrogens with two attached hydrogens (primary N) is 1. The Morgan fingerprint density at radius 3 is 2.40 bits per heavy atom. The first kappa shape index (κ1) is 13.3. The fourth-order valence-corrected chi connectivity index (χ4v) is 2.27. The highest BCUT2D eigenvalue weighted by Gasteiger charge is 2.52. The first-order chi connectivity index (χ1) is 9.32. The standard InChI is InChI=1S/C14H18BN3O2/c1-13(2)14(3,4)20-15(19-13)10-8-18-12(16)11-9(10)6-5-7-17-11/h5-8H,1-4H3,(H2,16,18). The number of rotatable bonds is 1. The van der Waals surface area contributed by atoms with E-state index in [2.05, 4.69) is 9.97 Å². The van der Waals surface area contributed by atoms with Crippen LogP contribution in [0.15, 0.2) is 24.5 Å². The van der Waals surface area contributed by atoms with Crippen LogP contribution in [-0.4, -0.2) is 28.3 Å². The molecule has 1 fully saturated rings. The lowest BCUT2D eigenvalue weighted by Crippen LogP contribution is -2.41. The van der Waals surface area contributed by atoms with Gasteiger partial charge in [-0.05, 0) is 33.8 Å². The van der Waals surface area contributed by atoms with Crippen molar-refractivity contribution < 1.29 is 9.31 Å². The summed E-state index contributed by atoms with van der Waals surface area (Å²) >= 11 is 0. The summed E-state index contributed by atoms with van der Waals surface area (Å²) in [6, 6.07) is 3.83. The average molecular weight is 271 g/mol. The van der Waals surface area contributed by atoms with E-state index < -0.39 is 7.12 Å². The fourth-order valence-electron chi connectivity index (χ4n) is 2.27. The van der Waals surface area contributed by atoms with Gasteiger partial charge in [0.05, 0.1) is 11.2 Å². The van der Waals surface area contributed by atoms with E-state index in [-0.39, 0.29) is 11.2 Å². The number of pyridine rings is 2. The molecule has 1 aliphatic rings. The second kappa shape index (κ2) is 4.17. The summed E-state index contributed by atoms with van der Waals surface area (Å²) in [4.78, 5) is 8.49. The molecule has 0 radical (unpaired) electrons. The monoisotopic (exact) mass is 271 g/mol. The van der Waals surface area contributed by atoms with Gasteiger partial charge in [0.2, 0.25) is 0 Å². The summed E-state index contributed by atoms with van der Waals surface area (Å²) in [5.41, 5.74) is 6.65. The summed E-state index contributed by atoms with van der Waals surface area (Å²) in [7, 11) is -0.459. The smallest absolute Gasteiger partial charge is 0.399 e. The molecule has 0 atom stereocenters. The van der Waals surface area contributed by atoms with Crippen molar-refractivity contribution in [2.45, 2.75) is 38.9 Å². The summed E-state index contributed by atoms with van der Waals surface area (Å²) in [6.45, 7) is 8.10. The molecule has 0 bridgehead atoms. The van der Waals surface area contributed by atoms with Crippen LogP contribution < -0.4 is 11.2 Å². The van der Waals surface area contributed by atoms with Crippen LogP contribution >= 0.6 is 0 Å². The van der Waals surface area contributed by atoms with E-state index in [1.807, 2.05) is 39.8 Å². The van der Waals surface area contributed by atoms with Gasteiger partial charge in [-0.15, -0.1) is 0 Å². The van der Waals surface area contributed by atoms with Crippen LogP contribution in [0.3, 0.4) is 0 Å². The minimum atomic E-state index is -0.459. The average Bonchev–Trinajstić information content (AvgIpc) is 2.59. The number of nitrogen functional groups attached to an aromatic ring is 1. The lowest BCUT2D eigenvalue weighted by atomic mass is 9.78. The van der Waals surface area contributed by atoms with Crippen LogP contribution in [0.1, 0.15) is 27.7 Å². The lowest BCUT2D eigenvalue weighted by molar-refractivity contribution is 0.00578. The van der Waals surface area contributed by atoms with Crippen molar-refractivity contribution in [3.63, 3.8) is 0 Å². The molecule has 0 saturated carbocycles. The summed E-state index contributed by atoms with van der Waals surface area (Å²) < 4.78 is 12.1. The molecule has 0 aliphatic carbocycles. The third-order valence-corrected chi connectivity index (χ3v) is 4.21. The van der Waals surface area contributed by atoms with Gasteiger partial charge in [0.25, 0.3) is 0 Å². The van der Waals surface area contributed by atoms with Gasteiger partial charge in [-0.3, -0.25) is 4.98 Å². The lowest BCUT2D eigenvalue weighted by Gasteiger charge is -2.32. The largest absolute Gasteiger partial charge is 0.497 e. The van der Waals surface area contributed by atoms with Gasteiger partial charge in [-0.2, -0.15) is 0 Å². The van der Waals surface area contributed by atoms with Crippen molar-refractivity contribution in [2.24, 2.45) is 0 Å². The van der Waals surface area contributed by atoms with Crippen molar-refractivity contribution in [3.8, 4) is 0 Å². The molecule has 2 aromatic rings. The van der Waals surface area contributed by atoms with Crippen LogP contribution in [0.4, 0.5) is 5.82 Å². The molecule has 5 nitrogen and oxygen atoms in total. The number of fused-ring (bicyclic) bond motifs is 1. The van der Waals surface area contributed by atoms with Gasteiger partial charge in [0.15, 0.2) is 0 Å². The van der Waals surface area contributed by atoms with E-state index in [4.69, 9.17) is 15.0 Å². The van der Waals surface area contributed by atoms with E-state index in [0.29, 0.717) is 11.3 Å².